The lowest BCUT2D eigenvalue weighted by atomic mass is 10.1. The average Bonchev–Trinajstić information content (AvgIpc) is 2.56. The number of hydrogen-bond donors (Lipinski definition) is 1. The fraction of sp³-hybridized carbons (Fsp3) is 0.667. The number of rotatable bonds is 4. The first-order valence-electron chi connectivity index (χ1n) is 4.71. The van der Waals surface area contributed by atoms with Gasteiger partial charge in [0.25, 0.3) is 0 Å². The van der Waals surface area contributed by atoms with Gasteiger partial charge in [0.1, 0.15) is 19.2 Å². The number of hydrogen-bond acceptors (Lipinski definition) is 3. The summed E-state index contributed by atoms with van der Waals surface area (Å²) in [5.74, 6) is 0.409. The highest BCUT2D eigenvalue weighted by atomic mass is 16.2. The third-order valence-corrected chi connectivity index (χ3v) is 2.16. The Morgan fingerprint density at radius 3 is 2.71 bits per heavy atom. The molecular weight excluding hydrogens is 180 g/mol. The Hall–Kier alpha value is -1.39. The van der Waals surface area contributed by atoms with Gasteiger partial charge in [-0.25, -0.2) is 9.67 Å². The van der Waals surface area contributed by atoms with E-state index in [1.165, 1.54) is 17.3 Å². The topological polar surface area (TPSA) is 59.8 Å². The van der Waals surface area contributed by atoms with E-state index in [0.29, 0.717) is 5.92 Å². The van der Waals surface area contributed by atoms with E-state index in [-0.39, 0.29) is 18.5 Å². The molecule has 0 saturated carbocycles. The van der Waals surface area contributed by atoms with Gasteiger partial charge in [-0.1, -0.05) is 13.8 Å². The first-order chi connectivity index (χ1) is 6.59. The van der Waals surface area contributed by atoms with Crippen LogP contribution in [0, 0.1) is 5.92 Å². The molecule has 1 N–H and O–H groups in total. The van der Waals surface area contributed by atoms with Crippen LogP contribution in [0.25, 0.3) is 0 Å². The zero-order chi connectivity index (χ0) is 10.6. The number of aromatic nitrogens is 3. The summed E-state index contributed by atoms with van der Waals surface area (Å²) < 4.78 is 1.50. The summed E-state index contributed by atoms with van der Waals surface area (Å²) in [5, 5.41) is 6.74. The minimum atomic E-state index is -0.0308. The van der Waals surface area contributed by atoms with Crippen LogP contribution < -0.4 is 5.32 Å². The molecular formula is C9H16N4O. The molecule has 1 rings (SSSR count). The molecule has 1 heterocycles. The molecule has 1 atom stereocenters. The molecule has 0 aliphatic carbocycles. The van der Waals surface area contributed by atoms with Crippen LogP contribution >= 0.6 is 0 Å². The van der Waals surface area contributed by atoms with Crippen molar-refractivity contribution in [1.29, 1.82) is 0 Å². The average molecular weight is 196 g/mol. The van der Waals surface area contributed by atoms with Crippen molar-refractivity contribution in [1.82, 2.24) is 20.1 Å². The minimum absolute atomic E-state index is 0.0308. The van der Waals surface area contributed by atoms with E-state index >= 15 is 0 Å². The smallest absolute Gasteiger partial charge is 0.242 e. The lowest BCUT2D eigenvalue weighted by Gasteiger charge is -2.17. The van der Waals surface area contributed by atoms with Crippen molar-refractivity contribution >= 4 is 5.91 Å². The summed E-state index contributed by atoms with van der Waals surface area (Å²) >= 11 is 0. The van der Waals surface area contributed by atoms with Crippen LogP contribution in [0.2, 0.25) is 0 Å². The normalized spacial score (nSPS) is 12.9. The Balaban J connectivity index is 2.36. The Morgan fingerprint density at radius 2 is 2.21 bits per heavy atom. The van der Waals surface area contributed by atoms with Crippen LogP contribution in [0.5, 0.6) is 0 Å². The van der Waals surface area contributed by atoms with Crippen LogP contribution in [0.1, 0.15) is 20.8 Å². The summed E-state index contributed by atoms with van der Waals surface area (Å²) in [6.07, 6.45) is 2.94. The maximum atomic E-state index is 11.4. The van der Waals surface area contributed by atoms with Crippen LogP contribution in [-0.4, -0.2) is 26.7 Å². The molecule has 1 aromatic rings. The summed E-state index contributed by atoms with van der Waals surface area (Å²) in [5.41, 5.74) is 0. The SMILES string of the molecule is CC(C)C(C)NC(=O)Cn1cncn1. The van der Waals surface area contributed by atoms with E-state index in [2.05, 4.69) is 29.2 Å². The highest BCUT2D eigenvalue weighted by Gasteiger charge is 2.10. The quantitative estimate of drug-likeness (QED) is 0.760. The summed E-state index contributed by atoms with van der Waals surface area (Å²) in [6, 6.07) is 0.186. The zero-order valence-corrected chi connectivity index (χ0v) is 8.77. The van der Waals surface area contributed by atoms with Crippen molar-refractivity contribution in [3.05, 3.63) is 12.7 Å². The standard InChI is InChI=1S/C9H16N4O/c1-7(2)8(3)12-9(14)4-13-6-10-5-11-13/h5-8H,4H2,1-3H3,(H,12,14). The van der Waals surface area contributed by atoms with Crippen molar-refractivity contribution < 1.29 is 4.79 Å². The molecule has 14 heavy (non-hydrogen) atoms. The van der Waals surface area contributed by atoms with Gasteiger partial charge in [0, 0.05) is 6.04 Å². The van der Waals surface area contributed by atoms with Gasteiger partial charge in [-0.2, -0.15) is 5.10 Å². The fourth-order valence-corrected chi connectivity index (χ4v) is 0.928. The lowest BCUT2D eigenvalue weighted by molar-refractivity contribution is -0.122. The molecule has 1 unspecified atom stereocenters. The molecule has 0 saturated heterocycles. The second-order valence-corrected chi connectivity index (χ2v) is 3.69. The number of nitrogens with zero attached hydrogens (tertiary/aromatic N) is 3. The van der Waals surface area contributed by atoms with E-state index in [9.17, 15) is 4.79 Å². The number of carbonyl (C=O) groups is 1. The molecule has 5 nitrogen and oxygen atoms in total. The third-order valence-electron chi connectivity index (χ3n) is 2.16. The highest BCUT2D eigenvalue weighted by molar-refractivity contribution is 5.75. The molecule has 0 fully saturated rings. The Kier molecular flexibility index (Phi) is 3.62. The van der Waals surface area contributed by atoms with Crippen molar-refractivity contribution in [2.75, 3.05) is 0 Å². The van der Waals surface area contributed by atoms with Gasteiger partial charge in [0.2, 0.25) is 5.91 Å². The van der Waals surface area contributed by atoms with Crippen molar-refractivity contribution in [2.24, 2.45) is 5.92 Å². The second-order valence-electron chi connectivity index (χ2n) is 3.69. The lowest BCUT2D eigenvalue weighted by Crippen LogP contribution is -2.38. The van der Waals surface area contributed by atoms with Crippen LogP contribution in [-0.2, 0) is 11.3 Å². The molecule has 0 aliphatic heterocycles. The molecule has 0 aliphatic rings. The molecule has 1 aromatic heterocycles. The summed E-state index contributed by atoms with van der Waals surface area (Å²) in [4.78, 5) is 15.2. The van der Waals surface area contributed by atoms with Crippen LogP contribution in [0.3, 0.4) is 0 Å². The highest BCUT2D eigenvalue weighted by Crippen LogP contribution is 1.99. The van der Waals surface area contributed by atoms with Crippen LogP contribution in [0.4, 0.5) is 0 Å². The van der Waals surface area contributed by atoms with E-state index in [1.54, 1.807) is 0 Å². The number of nitrogens with one attached hydrogen (secondary N) is 1. The second kappa shape index (κ2) is 4.74. The molecule has 0 bridgehead atoms. The summed E-state index contributed by atoms with van der Waals surface area (Å²) in [6.45, 7) is 6.36. The van der Waals surface area contributed by atoms with Crippen molar-refractivity contribution in [3.63, 3.8) is 0 Å². The fourth-order valence-electron chi connectivity index (χ4n) is 0.928. The van der Waals surface area contributed by atoms with Crippen molar-refractivity contribution in [2.45, 2.75) is 33.4 Å². The van der Waals surface area contributed by atoms with Gasteiger partial charge < -0.3 is 5.32 Å². The Labute approximate surface area is 83.5 Å². The molecule has 0 aromatic carbocycles. The Morgan fingerprint density at radius 1 is 1.50 bits per heavy atom. The van der Waals surface area contributed by atoms with Gasteiger partial charge in [0.05, 0.1) is 0 Å². The molecule has 5 heteroatoms. The molecule has 0 spiro atoms. The first-order valence-corrected chi connectivity index (χ1v) is 4.71. The van der Waals surface area contributed by atoms with Gasteiger partial charge in [-0.15, -0.1) is 0 Å². The van der Waals surface area contributed by atoms with E-state index < -0.39 is 0 Å². The van der Waals surface area contributed by atoms with Gasteiger partial charge in [0.15, 0.2) is 0 Å². The minimum Gasteiger partial charge on any atom is -0.352 e. The molecule has 78 valence electrons. The van der Waals surface area contributed by atoms with E-state index in [4.69, 9.17) is 0 Å². The predicted molar refractivity (Wildman–Crippen MR) is 52.5 cm³/mol. The van der Waals surface area contributed by atoms with E-state index in [1.807, 2.05) is 6.92 Å². The summed E-state index contributed by atoms with van der Waals surface area (Å²) in [7, 11) is 0. The van der Waals surface area contributed by atoms with Gasteiger partial charge >= 0.3 is 0 Å². The largest absolute Gasteiger partial charge is 0.352 e. The number of amides is 1. The first kappa shape index (κ1) is 10.7. The molecule has 1 amide bonds. The van der Waals surface area contributed by atoms with E-state index in [0.717, 1.165) is 0 Å². The van der Waals surface area contributed by atoms with Crippen LogP contribution in [0.15, 0.2) is 12.7 Å². The van der Waals surface area contributed by atoms with Gasteiger partial charge in [-0.3, -0.25) is 4.79 Å². The Bertz CT molecular complexity index is 281. The molecule has 0 radical (unpaired) electrons. The zero-order valence-electron chi connectivity index (χ0n) is 8.77. The monoisotopic (exact) mass is 196 g/mol. The predicted octanol–water partition coefficient (Wildman–Crippen LogP) is 0.439. The van der Waals surface area contributed by atoms with Gasteiger partial charge in [-0.05, 0) is 12.8 Å². The maximum Gasteiger partial charge on any atom is 0.242 e. The number of carbonyl (C=O) groups excluding carboxylic acids is 1. The maximum absolute atomic E-state index is 11.4. The van der Waals surface area contributed by atoms with Crippen molar-refractivity contribution in [3.8, 4) is 0 Å². The third kappa shape index (κ3) is 3.16.